The van der Waals surface area contributed by atoms with Crippen molar-refractivity contribution >= 4 is 0 Å². The number of hydrogen-bond donors (Lipinski definition) is 0. The Bertz CT molecular complexity index is 2170. The maximum Gasteiger partial charge on any atom is 0.164 e. The Hall–Kier alpha value is -5.13. The molecule has 5 nitrogen and oxygen atoms in total. The minimum atomic E-state index is 0.260. The van der Waals surface area contributed by atoms with E-state index in [1.165, 1.54) is 75.3 Å². The van der Waals surface area contributed by atoms with E-state index in [1.807, 2.05) is 30.3 Å². The third-order valence-electron chi connectivity index (χ3n) is 14.1. The lowest BCUT2D eigenvalue weighted by Gasteiger charge is -2.50. The Morgan fingerprint density at radius 1 is 0.446 bits per heavy atom. The molecule has 5 heteroatoms. The molecule has 4 aliphatic carbocycles. The van der Waals surface area contributed by atoms with Crippen molar-refractivity contribution in [2.75, 3.05) is 0 Å². The molecule has 4 aliphatic rings. The van der Waals surface area contributed by atoms with Gasteiger partial charge in [0.05, 0.1) is 23.3 Å². The molecule has 1 heterocycles. The van der Waals surface area contributed by atoms with Crippen molar-refractivity contribution in [3.8, 4) is 57.4 Å². The van der Waals surface area contributed by atoms with E-state index in [9.17, 15) is 10.5 Å². The second-order valence-corrected chi connectivity index (χ2v) is 18.9. The monoisotopic (exact) mass is 735 g/mol. The average Bonchev–Trinajstić information content (AvgIpc) is 3.19. The predicted molar refractivity (Wildman–Crippen MR) is 224 cm³/mol. The van der Waals surface area contributed by atoms with Crippen LogP contribution in [0.1, 0.15) is 114 Å². The van der Waals surface area contributed by atoms with Crippen molar-refractivity contribution in [3.05, 3.63) is 113 Å². The van der Waals surface area contributed by atoms with Crippen molar-refractivity contribution in [3.63, 3.8) is 0 Å². The third kappa shape index (κ3) is 6.96. The Labute approximate surface area is 333 Å². The van der Waals surface area contributed by atoms with Crippen LogP contribution in [-0.2, 0) is 10.8 Å². The fourth-order valence-corrected chi connectivity index (χ4v) is 12.6. The summed E-state index contributed by atoms with van der Waals surface area (Å²) in [6.07, 6.45) is 13.2. The average molecular weight is 736 g/mol. The van der Waals surface area contributed by atoms with Gasteiger partial charge in [0.25, 0.3) is 0 Å². The lowest BCUT2D eigenvalue weighted by Crippen LogP contribution is -2.42. The van der Waals surface area contributed by atoms with Crippen LogP contribution in [0.3, 0.4) is 0 Å². The molecule has 5 aromatic rings. The Morgan fingerprint density at radius 3 is 1.25 bits per heavy atom. The van der Waals surface area contributed by atoms with Crippen molar-refractivity contribution in [1.82, 2.24) is 15.0 Å². The molecule has 4 aromatic carbocycles. The van der Waals surface area contributed by atoms with Gasteiger partial charge >= 0.3 is 0 Å². The number of fused-ring (bicyclic) bond motifs is 4. The quantitative estimate of drug-likeness (QED) is 0.173. The number of benzene rings is 4. The van der Waals surface area contributed by atoms with E-state index in [1.54, 1.807) is 6.07 Å². The zero-order valence-corrected chi connectivity index (χ0v) is 33.4. The van der Waals surface area contributed by atoms with E-state index < -0.39 is 0 Å². The van der Waals surface area contributed by atoms with E-state index >= 15 is 0 Å². The van der Waals surface area contributed by atoms with Gasteiger partial charge in [-0.25, -0.2) is 15.0 Å². The van der Waals surface area contributed by atoms with E-state index in [2.05, 4.69) is 94.4 Å². The molecule has 0 aliphatic heterocycles. The summed E-state index contributed by atoms with van der Waals surface area (Å²) in [5.74, 6) is 6.62. The summed E-state index contributed by atoms with van der Waals surface area (Å²) in [5.41, 5.74) is 8.93. The van der Waals surface area contributed by atoms with E-state index in [-0.39, 0.29) is 10.8 Å². The lowest BCUT2D eigenvalue weighted by molar-refractivity contribution is 0.0779. The highest BCUT2D eigenvalue weighted by Gasteiger charge is 2.46. The first-order valence-electron chi connectivity index (χ1n) is 21.1. The van der Waals surface area contributed by atoms with E-state index in [0.29, 0.717) is 28.6 Å². The van der Waals surface area contributed by atoms with Gasteiger partial charge in [0.2, 0.25) is 0 Å². The predicted octanol–water partition coefficient (Wildman–Crippen LogP) is 12.5. The summed E-state index contributed by atoms with van der Waals surface area (Å²) in [5, 5.41) is 19.3. The number of hydrogen-bond acceptors (Lipinski definition) is 5. The first-order valence-corrected chi connectivity index (χ1v) is 21.1. The van der Waals surface area contributed by atoms with E-state index in [4.69, 9.17) is 15.0 Å². The van der Waals surface area contributed by atoms with Crippen molar-refractivity contribution in [1.29, 1.82) is 10.5 Å². The molecular formula is C51H53N5. The molecule has 4 saturated carbocycles. The topological polar surface area (TPSA) is 86.2 Å². The standard InChI is InChI=1S/C51H53N5/c1-32-16-36-17-33(2)25-50(24-32,28-36)45-12-8-40(9-13-45)47-54-48(41-10-14-46(15-11-41)51-26-34(3)18-37(29-51)19-35(4)27-51)56-49(55-47)43-7-5-6-42(23-43)44-21-38(30-52)20-39(22-44)31-53/h5-15,20-23,32-37H,16-19,24-29H2,1-4H3/t32-,33+,34-,35+,36-,37-,50?,51?. The van der Waals surface area contributed by atoms with Gasteiger partial charge in [-0.05, 0) is 157 Å². The first-order chi connectivity index (χ1) is 27.1. The van der Waals surface area contributed by atoms with Gasteiger partial charge in [-0.2, -0.15) is 10.5 Å². The van der Waals surface area contributed by atoms with Crippen LogP contribution >= 0.6 is 0 Å². The van der Waals surface area contributed by atoms with Crippen LogP contribution in [0.15, 0.2) is 91.0 Å². The summed E-state index contributed by atoms with van der Waals surface area (Å²) >= 11 is 0. The SMILES string of the molecule is C[C@@H]1C[C@@H]2C[C@H](C)CC(c3ccc(-c4nc(-c5ccc(C67C[C@H](C)C[C@H](C[C@H](C)C6)C7)cc5)nc(-c5cccc(-c6cc(C#N)cc(C#N)c6)c5)n4)cc3)(C1)C2. The zero-order chi connectivity index (χ0) is 38.6. The number of nitrogens with zero attached hydrogens (tertiary/aromatic N) is 5. The van der Waals surface area contributed by atoms with Crippen molar-refractivity contribution in [2.45, 2.75) is 103 Å². The highest BCUT2D eigenvalue weighted by atomic mass is 15.0. The molecule has 0 radical (unpaired) electrons. The molecule has 9 rings (SSSR count). The number of aromatic nitrogens is 3. The van der Waals surface area contributed by atoms with Gasteiger partial charge in [0.15, 0.2) is 17.5 Å². The summed E-state index contributed by atoms with van der Waals surface area (Å²) in [4.78, 5) is 15.5. The molecule has 0 spiro atoms. The lowest BCUT2D eigenvalue weighted by atomic mass is 9.54. The van der Waals surface area contributed by atoms with Crippen LogP contribution in [0.5, 0.6) is 0 Å². The molecule has 0 N–H and O–H groups in total. The fraction of sp³-hybridized carbons (Fsp3) is 0.431. The third-order valence-corrected chi connectivity index (χ3v) is 14.1. The first kappa shape index (κ1) is 36.5. The summed E-state index contributed by atoms with van der Waals surface area (Å²) in [6.45, 7) is 9.80. The highest BCUT2D eigenvalue weighted by Crippen LogP contribution is 2.55. The Balaban J connectivity index is 1.11. The van der Waals surface area contributed by atoms with E-state index in [0.717, 1.165) is 63.3 Å². The normalized spacial score (nSPS) is 29.5. The van der Waals surface area contributed by atoms with Gasteiger partial charge in [0.1, 0.15) is 0 Å². The van der Waals surface area contributed by atoms with Crippen LogP contribution in [0.2, 0.25) is 0 Å². The molecular weight excluding hydrogens is 683 g/mol. The minimum Gasteiger partial charge on any atom is -0.208 e. The van der Waals surface area contributed by atoms with Gasteiger partial charge < -0.3 is 0 Å². The molecule has 0 saturated heterocycles. The van der Waals surface area contributed by atoms with Gasteiger partial charge in [-0.3, -0.25) is 0 Å². The van der Waals surface area contributed by atoms with Crippen molar-refractivity contribution < 1.29 is 0 Å². The van der Waals surface area contributed by atoms with Gasteiger partial charge in [0, 0.05) is 16.7 Å². The summed E-state index contributed by atoms with van der Waals surface area (Å²) in [6, 6.07) is 36.2. The molecule has 282 valence electrons. The van der Waals surface area contributed by atoms with Gasteiger partial charge in [-0.15, -0.1) is 0 Å². The Morgan fingerprint density at radius 2 is 0.839 bits per heavy atom. The maximum absolute atomic E-state index is 9.67. The summed E-state index contributed by atoms with van der Waals surface area (Å²) in [7, 11) is 0. The molecule has 4 fully saturated rings. The second kappa shape index (κ2) is 14.4. The summed E-state index contributed by atoms with van der Waals surface area (Å²) < 4.78 is 0. The Kier molecular flexibility index (Phi) is 9.40. The number of nitriles is 2. The molecule has 4 bridgehead atoms. The van der Waals surface area contributed by atoms with Crippen LogP contribution in [0.4, 0.5) is 0 Å². The number of rotatable bonds is 6. The molecule has 56 heavy (non-hydrogen) atoms. The van der Waals surface area contributed by atoms with Crippen molar-refractivity contribution in [2.24, 2.45) is 35.5 Å². The van der Waals surface area contributed by atoms with Gasteiger partial charge in [-0.1, -0.05) is 94.4 Å². The second-order valence-electron chi connectivity index (χ2n) is 18.9. The molecule has 0 amide bonds. The molecule has 1 aromatic heterocycles. The smallest absolute Gasteiger partial charge is 0.164 e. The van der Waals surface area contributed by atoms with Crippen LogP contribution < -0.4 is 0 Å². The molecule has 8 atom stereocenters. The molecule has 2 unspecified atom stereocenters. The zero-order valence-electron chi connectivity index (χ0n) is 33.4. The van der Waals surface area contributed by atoms with Crippen LogP contribution in [0.25, 0.3) is 45.3 Å². The largest absolute Gasteiger partial charge is 0.208 e. The highest BCUT2D eigenvalue weighted by molar-refractivity contribution is 5.74. The minimum absolute atomic E-state index is 0.260. The fourth-order valence-electron chi connectivity index (χ4n) is 12.6. The van der Waals surface area contributed by atoms with Crippen LogP contribution in [-0.4, -0.2) is 15.0 Å². The van der Waals surface area contributed by atoms with Crippen LogP contribution in [0, 0.1) is 58.2 Å². The maximum atomic E-state index is 9.67.